The standard InChI is InChI=1S/C10H10O/c1-7-5-8(2)10-6-11-4-3-9(7)10/h3-6H,1-2H3. The van der Waals surface area contributed by atoms with E-state index in [0.29, 0.717) is 0 Å². The van der Waals surface area contributed by atoms with E-state index in [0.717, 1.165) is 0 Å². The summed E-state index contributed by atoms with van der Waals surface area (Å²) in [6.45, 7) is 4.22. The van der Waals surface area contributed by atoms with Crippen LogP contribution in [0.5, 0.6) is 0 Å². The first-order valence-electron chi connectivity index (χ1n) is 3.71. The van der Waals surface area contributed by atoms with Gasteiger partial charge in [-0.25, -0.2) is 0 Å². The zero-order valence-electron chi connectivity index (χ0n) is 6.72. The molecule has 0 aromatic carbocycles. The Balaban J connectivity index is 2.81. The van der Waals surface area contributed by atoms with Gasteiger partial charge in [0.2, 0.25) is 0 Å². The van der Waals surface area contributed by atoms with Crippen molar-refractivity contribution in [2.24, 2.45) is 0 Å². The molecule has 2 rings (SSSR count). The van der Waals surface area contributed by atoms with Crippen molar-refractivity contribution in [1.82, 2.24) is 0 Å². The third-order valence-electron chi connectivity index (χ3n) is 2.07. The molecule has 1 heterocycles. The molecule has 0 N–H and O–H groups in total. The van der Waals surface area contributed by atoms with Crippen molar-refractivity contribution < 1.29 is 4.42 Å². The fourth-order valence-electron chi connectivity index (χ4n) is 1.50. The van der Waals surface area contributed by atoms with Crippen LogP contribution in [0, 0.1) is 13.8 Å². The normalized spacial score (nSPS) is 10.7. The van der Waals surface area contributed by atoms with Gasteiger partial charge in [-0.2, -0.15) is 0 Å². The van der Waals surface area contributed by atoms with Crippen LogP contribution in [-0.2, 0) is 0 Å². The van der Waals surface area contributed by atoms with Gasteiger partial charge in [0.25, 0.3) is 0 Å². The second-order valence-electron chi connectivity index (χ2n) is 2.89. The van der Waals surface area contributed by atoms with Gasteiger partial charge in [0.15, 0.2) is 0 Å². The van der Waals surface area contributed by atoms with Crippen molar-refractivity contribution in [3.8, 4) is 11.1 Å². The highest BCUT2D eigenvalue weighted by molar-refractivity contribution is 5.72. The van der Waals surface area contributed by atoms with Gasteiger partial charge in [0, 0.05) is 5.56 Å². The van der Waals surface area contributed by atoms with Crippen molar-refractivity contribution in [3.05, 3.63) is 35.8 Å². The summed E-state index contributed by atoms with van der Waals surface area (Å²) in [4.78, 5) is 0. The van der Waals surface area contributed by atoms with Gasteiger partial charge in [0.1, 0.15) is 0 Å². The number of rotatable bonds is 0. The lowest BCUT2D eigenvalue weighted by atomic mass is 10.1. The van der Waals surface area contributed by atoms with E-state index in [1.165, 1.54) is 22.3 Å². The van der Waals surface area contributed by atoms with E-state index in [1.807, 2.05) is 6.07 Å². The van der Waals surface area contributed by atoms with Gasteiger partial charge >= 0.3 is 0 Å². The second-order valence-corrected chi connectivity index (χ2v) is 2.89. The molecule has 1 aliphatic heterocycles. The van der Waals surface area contributed by atoms with E-state index in [-0.39, 0.29) is 0 Å². The molecule has 0 amide bonds. The van der Waals surface area contributed by atoms with E-state index in [1.54, 1.807) is 12.5 Å². The molecule has 0 saturated carbocycles. The Morgan fingerprint density at radius 2 is 1.82 bits per heavy atom. The van der Waals surface area contributed by atoms with Crippen molar-refractivity contribution in [3.63, 3.8) is 0 Å². The lowest BCUT2D eigenvalue weighted by Crippen LogP contribution is -1.74. The van der Waals surface area contributed by atoms with Crippen molar-refractivity contribution in [2.75, 3.05) is 0 Å². The van der Waals surface area contributed by atoms with Crippen LogP contribution in [0.4, 0.5) is 0 Å². The molecule has 11 heavy (non-hydrogen) atoms. The monoisotopic (exact) mass is 146 g/mol. The number of hydrogen-bond acceptors (Lipinski definition) is 1. The molecule has 0 saturated heterocycles. The minimum atomic E-state index is 1.23. The zero-order chi connectivity index (χ0) is 7.84. The van der Waals surface area contributed by atoms with Gasteiger partial charge in [0.05, 0.1) is 12.5 Å². The van der Waals surface area contributed by atoms with Gasteiger partial charge in [-0.3, -0.25) is 0 Å². The molecule has 0 unspecified atom stereocenters. The predicted molar refractivity (Wildman–Crippen MR) is 44.8 cm³/mol. The Morgan fingerprint density at radius 3 is 2.55 bits per heavy atom. The summed E-state index contributed by atoms with van der Waals surface area (Å²) < 4.78 is 5.08. The fraction of sp³-hybridized carbons (Fsp3) is 0.200. The van der Waals surface area contributed by atoms with Crippen LogP contribution in [0.3, 0.4) is 0 Å². The largest absolute Gasteiger partial charge is 0.472 e. The molecule has 0 atom stereocenters. The minimum Gasteiger partial charge on any atom is -0.472 e. The maximum absolute atomic E-state index is 5.08. The summed E-state index contributed by atoms with van der Waals surface area (Å²) in [6.07, 6.45) is 3.52. The first-order chi connectivity index (χ1) is 5.29. The molecule has 0 aromatic heterocycles. The van der Waals surface area contributed by atoms with Crippen LogP contribution in [-0.4, -0.2) is 0 Å². The molecule has 1 heteroatoms. The second kappa shape index (κ2) is 2.12. The van der Waals surface area contributed by atoms with Crippen molar-refractivity contribution in [2.45, 2.75) is 13.8 Å². The maximum atomic E-state index is 5.08. The van der Waals surface area contributed by atoms with Crippen LogP contribution in [0.1, 0.15) is 11.1 Å². The highest BCUT2D eigenvalue weighted by Crippen LogP contribution is 2.30. The summed E-state index contributed by atoms with van der Waals surface area (Å²) in [5.41, 5.74) is 5.15. The van der Waals surface area contributed by atoms with Gasteiger partial charge in [-0.1, -0.05) is 6.07 Å². The molecule has 56 valence electrons. The summed E-state index contributed by atoms with van der Waals surface area (Å²) in [5, 5.41) is 0. The number of aryl methyl sites for hydroxylation is 2. The molecule has 1 aliphatic carbocycles. The smallest absolute Gasteiger partial charge is 0.0982 e. The van der Waals surface area contributed by atoms with E-state index in [2.05, 4.69) is 19.9 Å². The third-order valence-corrected chi connectivity index (χ3v) is 2.07. The molecular weight excluding hydrogens is 136 g/mol. The number of hydrogen-bond donors (Lipinski definition) is 0. The lowest BCUT2D eigenvalue weighted by Gasteiger charge is -1.97. The topological polar surface area (TPSA) is 13.1 Å². The maximum Gasteiger partial charge on any atom is 0.0982 e. The van der Waals surface area contributed by atoms with Crippen LogP contribution < -0.4 is 0 Å². The Morgan fingerprint density at radius 1 is 1.09 bits per heavy atom. The highest BCUT2D eigenvalue weighted by atomic mass is 16.3. The summed E-state index contributed by atoms with van der Waals surface area (Å²) >= 11 is 0. The molecule has 1 nitrogen and oxygen atoms in total. The molecular formula is C10H10O. The van der Waals surface area contributed by atoms with Crippen LogP contribution in [0.25, 0.3) is 11.1 Å². The molecule has 0 spiro atoms. The lowest BCUT2D eigenvalue weighted by molar-refractivity contribution is 0.551. The highest BCUT2D eigenvalue weighted by Gasteiger charge is 2.09. The van der Waals surface area contributed by atoms with Crippen LogP contribution in [0.2, 0.25) is 0 Å². The molecule has 0 bridgehead atoms. The minimum absolute atomic E-state index is 1.23. The summed E-state index contributed by atoms with van der Waals surface area (Å²) in [6, 6.07) is 4.19. The Labute approximate surface area is 66.0 Å². The average molecular weight is 146 g/mol. The summed E-state index contributed by atoms with van der Waals surface area (Å²) in [5.74, 6) is 0. The third kappa shape index (κ3) is 0.845. The Bertz CT molecular complexity index is 313. The Kier molecular flexibility index (Phi) is 1.25. The summed E-state index contributed by atoms with van der Waals surface area (Å²) in [7, 11) is 0. The van der Waals surface area contributed by atoms with Gasteiger partial charge < -0.3 is 4.42 Å². The van der Waals surface area contributed by atoms with E-state index < -0.39 is 0 Å². The van der Waals surface area contributed by atoms with E-state index in [9.17, 15) is 0 Å². The predicted octanol–water partition coefficient (Wildman–Crippen LogP) is 3.00. The van der Waals surface area contributed by atoms with Gasteiger partial charge in [-0.15, -0.1) is 0 Å². The molecule has 0 fully saturated rings. The Hall–Kier alpha value is -1.24. The van der Waals surface area contributed by atoms with Crippen molar-refractivity contribution >= 4 is 0 Å². The zero-order valence-corrected chi connectivity index (χ0v) is 6.72. The van der Waals surface area contributed by atoms with Gasteiger partial charge in [-0.05, 0) is 36.6 Å². The molecule has 0 radical (unpaired) electrons. The quantitative estimate of drug-likeness (QED) is 0.556. The fourth-order valence-corrected chi connectivity index (χ4v) is 1.50. The first-order valence-corrected chi connectivity index (χ1v) is 3.71. The SMILES string of the molecule is Cc1cc(C)c2coccc1-2. The molecule has 2 aliphatic rings. The molecule has 0 aromatic rings. The van der Waals surface area contributed by atoms with Crippen LogP contribution >= 0.6 is 0 Å². The first kappa shape index (κ1) is 6.47. The average Bonchev–Trinajstić information content (AvgIpc) is 2.30. The van der Waals surface area contributed by atoms with E-state index in [4.69, 9.17) is 4.42 Å². The van der Waals surface area contributed by atoms with Crippen LogP contribution in [0.15, 0.2) is 29.1 Å². The van der Waals surface area contributed by atoms with Crippen molar-refractivity contribution in [1.29, 1.82) is 0 Å². The number of fused-ring (bicyclic) bond motifs is 1. The van der Waals surface area contributed by atoms with E-state index >= 15 is 0 Å².